The number of amides is 1. The smallest absolute Gasteiger partial charge is 0.255 e. The quantitative estimate of drug-likeness (QED) is 0.464. The average molecular weight is 464 g/mol. The van der Waals surface area contributed by atoms with E-state index >= 15 is 0 Å². The van der Waals surface area contributed by atoms with Crippen LogP contribution in [0.5, 0.6) is 0 Å². The topological polar surface area (TPSA) is 79.4 Å². The third-order valence-electron chi connectivity index (χ3n) is 5.46. The molecule has 1 saturated heterocycles. The van der Waals surface area contributed by atoms with Crippen molar-refractivity contribution in [3.05, 3.63) is 89.6 Å². The molecular formula is C24H18ClN3O3S. The van der Waals surface area contributed by atoms with E-state index < -0.39 is 10.0 Å². The maximum Gasteiger partial charge on any atom is 0.255 e. The van der Waals surface area contributed by atoms with Crippen LogP contribution in [0.3, 0.4) is 0 Å². The molecule has 1 N–H and O–H groups in total. The molecule has 1 aliphatic heterocycles. The molecule has 6 nitrogen and oxygen atoms in total. The van der Waals surface area contributed by atoms with E-state index in [9.17, 15) is 13.2 Å². The van der Waals surface area contributed by atoms with Gasteiger partial charge in [0.25, 0.3) is 5.91 Å². The van der Waals surface area contributed by atoms with Gasteiger partial charge in [-0.1, -0.05) is 35.9 Å². The molecule has 2 heterocycles. The predicted molar refractivity (Wildman–Crippen MR) is 128 cm³/mol. The van der Waals surface area contributed by atoms with E-state index in [0.29, 0.717) is 28.5 Å². The van der Waals surface area contributed by atoms with E-state index in [1.807, 2.05) is 30.3 Å². The lowest BCUT2D eigenvalue weighted by molar-refractivity contribution is 0.102. The molecule has 4 aromatic rings. The van der Waals surface area contributed by atoms with Gasteiger partial charge in [-0.3, -0.25) is 14.1 Å². The second kappa shape index (κ2) is 7.93. The Morgan fingerprint density at radius 1 is 1.00 bits per heavy atom. The number of pyridine rings is 1. The number of nitrogens with one attached hydrogen (secondary N) is 1. The Morgan fingerprint density at radius 2 is 1.78 bits per heavy atom. The van der Waals surface area contributed by atoms with Crippen molar-refractivity contribution in [2.24, 2.45) is 0 Å². The first-order valence-electron chi connectivity index (χ1n) is 9.98. The minimum Gasteiger partial charge on any atom is -0.322 e. The molecule has 32 heavy (non-hydrogen) atoms. The highest BCUT2D eigenvalue weighted by atomic mass is 35.5. The molecule has 8 heteroatoms. The van der Waals surface area contributed by atoms with Gasteiger partial charge in [-0.05, 0) is 53.9 Å². The zero-order valence-electron chi connectivity index (χ0n) is 16.8. The molecule has 1 amide bonds. The molecule has 1 aromatic heterocycles. The summed E-state index contributed by atoms with van der Waals surface area (Å²) in [5.41, 5.74) is 3.03. The summed E-state index contributed by atoms with van der Waals surface area (Å²) >= 11 is 6.47. The maximum atomic E-state index is 12.8. The van der Waals surface area contributed by atoms with Gasteiger partial charge < -0.3 is 5.32 Å². The molecule has 0 bridgehead atoms. The van der Waals surface area contributed by atoms with Gasteiger partial charge in [0.2, 0.25) is 10.0 Å². The number of carbonyl (C=O) groups is 1. The van der Waals surface area contributed by atoms with E-state index in [1.165, 1.54) is 4.31 Å². The monoisotopic (exact) mass is 463 g/mol. The molecule has 0 radical (unpaired) electrons. The Morgan fingerprint density at radius 3 is 2.50 bits per heavy atom. The lowest BCUT2D eigenvalue weighted by Crippen LogP contribution is -2.47. The first-order valence-corrected chi connectivity index (χ1v) is 12.0. The molecule has 1 fully saturated rings. The molecule has 0 saturated carbocycles. The van der Waals surface area contributed by atoms with Gasteiger partial charge in [-0.2, -0.15) is 0 Å². The van der Waals surface area contributed by atoms with Crippen LogP contribution in [0.15, 0.2) is 79.0 Å². The number of aromatic nitrogens is 1. The Kier molecular flexibility index (Phi) is 5.07. The highest BCUT2D eigenvalue weighted by molar-refractivity contribution is 7.94. The van der Waals surface area contributed by atoms with E-state index in [4.69, 9.17) is 11.6 Å². The number of sulfonamides is 1. The van der Waals surface area contributed by atoms with Crippen LogP contribution in [-0.4, -0.2) is 31.6 Å². The van der Waals surface area contributed by atoms with E-state index in [1.54, 1.807) is 48.7 Å². The van der Waals surface area contributed by atoms with Gasteiger partial charge in [-0.15, -0.1) is 0 Å². The number of fused-ring (bicyclic) bond motifs is 1. The Labute approximate surface area is 190 Å². The molecule has 0 spiro atoms. The number of benzene rings is 3. The highest BCUT2D eigenvalue weighted by Crippen LogP contribution is 2.34. The fraction of sp³-hybridized carbons (Fsp3) is 0.0833. The molecule has 0 unspecified atom stereocenters. The summed E-state index contributed by atoms with van der Waals surface area (Å²) in [5, 5.41) is 5.43. The standard InChI is InChI=1S/C24H18ClN3O3S/c25-22-10-7-18(15-21(22)23-20-4-2-1-3-16(20)11-12-26-23)27-24(29)17-5-8-19(9-6-17)28-13-14-32(28,30)31/h1-12,15H,13-14H2,(H,27,29). The lowest BCUT2D eigenvalue weighted by Gasteiger charge is -2.32. The summed E-state index contributed by atoms with van der Waals surface area (Å²) in [6.45, 7) is 0.462. The summed E-state index contributed by atoms with van der Waals surface area (Å²) in [6.07, 6.45) is 1.74. The summed E-state index contributed by atoms with van der Waals surface area (Å²) in [7, 11) is -3.19. The molecule has 0 atom stereocenters. The van der Waals surface area contributed by atoms with Crippen LogP contribution in [-0.2, 0) is 10.0 Å². The number of hydrogen-bond acceptors (Lipinski definition) is 4. The molecular weight excluding hydrogens is 446 g/mol. The van der Waals surface area contributed by atoms with Crippen molar-refractivity contribution in [3.8, 4) is 11.3 Å². The van der Waals surface area contributed by atoms with Gasteiger partial charge in [0.05, 0.1) is 22.2 Å². The minimum absolute atomic E-state index is 0.152. The zero-order valence-corrected chi connectivity index (χ0v) is 18.4. The Bertz CT molecular complexity index is 1450. The lowest BCUT2D eigenvalue weighted by atomic mass is 10.0. The van der Waals surface area contributed by atoms with E-state index in [-0.39, 0.29) is 11.7 Å². The molecule has 160 valence electrons. The Hall–Kier alpha value is -3.42. The van der Waals surface area contributed by atoms with Crippen LogP contribution in [0.25, 0.3) is 22.0 Å². The first kappa shape index (κ1) is 20.5. The summed E-state index contributed by atoms with van der Waals surface area (Å²) in [4.78, 5) is 17.3. The number of hydrogen-bond donors (Lipinski definition) is 1. The summed E-state index contributed by atoms with van der Waals surface area (Å²) in [5.74, 6) is -0.151. The number of nitrogens with zero attached hydrogens (tertiary/aromatic N) is 2. The molecule has 5 rings (SSSR count). The van der Waals surface area contributed by atoms with Crippen LogP contribution in [0.2, 0.25) is 5.02 Å². The van der Waals surface area contributed by atoms with Crippen molar-refractivity contribution in [2.45, 2.75) is 0 Å². The molecule has 1 aliphatic rings. The summed E-state index contributed by atoms with van der Waals surface area (Å²) < 4.78 is 24.9. The van der Waals surface area contributed by atoms with Gasteiger partial charge in [0, 0.05) is 34.9 Å². The first-order chi connectivity index (χ1) is 15.4. The fourth-order valence-corrected chi connectivity index (χ4v) is 5.04. The third kappa shape index (κ3) is 3.70. The second-order valence-corrected chi connectivity index (χ2v) is 9.88. The van der Waals surface area contributed by atoms with Crippen LogP contribution in [0.1, 0.15) is 10.4 Å². The van der Waals surface area contributed by atoms with Gasteiger partial charge in [0.1, 0.15) is 0 Å². The molecule has 3 aromatic carbocycles. The Balaban J connectivity index is 1.41. The van der Waals surface area contributed by atoms with Gasteiger partial charge in [0.15, 0.2) is 0 Å². The normalized spacial score (nSPS) is 14.7. The highest BCUT2D eigenvalue weighted by Gasteiger charge is 2.32. The van der Waals surface area contributed by atoms with Gasteiger partial charge in [-0.25, -0.2) is 8.42 Å². The maximum absolute atomic E-state index is 12.8. The third-order valence-corrected chi connectivity index (χ3v) is 7.55. The van der Waals surface area contributed by atoms with E-state index in [2.05, 4.69) is 10.3 Å². The number of anilines is 2. The second-order valence-electron chi connectivity index (χ2n) is 7.46. The van der Waals surface area contributed by atoms with Crippen molar-refractivity contribution in [1.29, 1.82) is 0 Å². The molecule has 0 aliphatic carbocycles. The number of carbonyl (C=O) groups excluding carboxylic acids is 1. The SMILES string of the molecule is O=C(Nc1ccc(Cl)c(-c2nccc3ccccc23)c1)c1ccc(N2CCS2(=O)=O)cc1. The van der Waals surface area contributed by atoms with Crippen LogP contribution >= 0.6 is 11.6 Å². The van der Waals surface area contributed by atoms with Crippen molar-refractivity contribution in [2.75, 3.05) is 21.9 Å². The van der Waals surface area contributed by atoms with E-state index in [0.717, 1.165) is 22.0 Å². The van der Waals surface area contributed by atoms with Crippen molar-refractivity contribution in [1.82, 2.24) is 4.98 Å². The fourth-order valence-electron chi connectivity index (χ4n) is 3.72. The average Bonchev–Trinajstić information content (AvgIpc) is 2.80. The van der Waals surface area contributed by atoms with Crippen LogP contribution < -0.4 is 9.62 Å². The summed E-state index contributed by atoms with van der Waals surface area (Å²) in [6, 6.07) is 21.6. The van der Waals surface area contributed by atoms with Crippen molar-refractivity contribution >= 4 is 49.7 Å². The van der Waals surface area contributed by atoms with Crippen molar-refractivity contribution < 1.29 is 13.2 Å². The van der Waals surface area contributed by atoms with Crippen LogP contribution in [0.4, 0.5) is 11.4 Å². The van der Waals surface area contributed by atoms with Crippen LogP contribution in [0, 0.1) is 0 Å². The zero-order chi connectivity index (χ0) is 22.3. The minimum atomic E-state index is -3.19. The number of halogens is 1. The predicted octanol–water partition coefficient (Wildman–Crippen LogP) is 4.96. The number of rotatable bonds is 4. The largest absolute Gasteiger partial charge is 0.322 e. The van der Waals surface area contributed by atoms with Gasteiger partial charge >= 0.3 is 0 Å². The van der Waals surface area contributed by atoms with Crippen molar-refractivity contribution in [3.63, 3.8) is 0 Å².